The van der Waals surface area contributed by atoms with Crippen LogP contribution in [-0.4, -0.2) is 15.5 Å². The summed E-state index contributed by atoms with van der Waals surface area (Å²) >= 11 is 0. The van der Waals surface area contributed by atoms with Crippen molar-refractivity contribution in [3.8, 4) is 5.75 Å². The van der Waals surface area contributed by atoms with Crippen LogP contribution < -0.4 is 10.3 Å². The zero-order chi connectivity index (χ0) is 18.8. The molecule has 2 heterocycles. The second-order valence-corrected chi connectivity index (χ2v) is 7.09. The summed E-state index contributed by atoms with van der Waals surface area (Å²) in [5, 5.41) is 0.548. The molecule has 4 rings (SSSR count). The summed E-state index contributed by atoms with van der Waals surface area (Å²) in [6.07, 6.45) is 5.14. The van der Waals surface area contributed by atoms with Crippen molar-refractivity contribution in [3.05, 3.63) is 69.8 Å². The number of fused-ring (bicyclic) bond motifs is 2. The second kappa shape index (κ2) is 7.35. The molecular formula is C22H22N2O3. The van der Waals surface area contributed by atoms with Gasteiger partial charge in [0.1, 0.15) is 11.6 Å². The third-order valence-electron chi connectivity index (χ3n) is 5.00. The van der Waals surface area contributed by atoms with Gasteiger partial charge in [0.05, 0.1) is 16.5 Å². The lowest BCUT2D eigenvalue weighted by molar-refractivity contribution is 0.0735. The van der Waals surface area contributed by atoms with E-state index in [1.807, 2.05) is 25.1 Å². The first-order chi connectivity index (χ1) is 13.1. The molecule has 5 nitrogen and oxygen atoms in total. The molecule has 3 aromatic rings. The fraction of sp³-hybridized carbons (Fsp3) is 0.318. The molecule has 138 valence electrons. The lowest BCUT2D eigenvalue weighted by Gasteiger charge is -2.16. The van der Waals surface area contributed by atoms with Crippen LogP contribution in [0.4, 0.5) is 0 Å². The van der Waals surface area contributed by atoms with Crippen molar-refractivity contribution >= 4 is 16.9 Å². The van der Waals surface area contributed by atoms with Gasteiger partial charge in [0, 0.05) is 13.0 Å². The van der Waals surface area contributed by atoms with Crippen LogP contribution in [0.2, 0.25) is 0 Å². The van der Waals surface area contributed by atoms with Crippen LogP contribution in [0.15, 0.2) is 47.3 Å². The molecule has 0 atom stereocenters. The number of carbonyl (C=O) groups is 1. The quantitative estimate of drug-likeness (QED) is 0.510. The molecule has 0 unspecified atom stereocenters. The topological polar surface area (TPSA) is 61.2 Å². The van der Waals surface area contributed by atoms with Gasteiger partial charge in [0.15, 0.2) is 0 Å². The number of carbonyl (C=O) groups excluding carboxylic acids is 1. The first-order valence-corrected chi connectivity index (χ1v) is 9.44. The SMILES string of the molecule is Cc1cccc(OC(=O)c2ccc3c(=O)n4c(nc3c2)CCCCCC4)c1. The lowest BCUT2D eigenvalue weighted by atomic mass is 10.1. The molecule has 0 N–H and O–H groups in total. The first-order valence-electron chi connectivity index (χ1n) is 9.44. The van der Waals surface area contributed by atoms with Crippen molar-refractivity contribution in [2.24, 2.45) is 0 Å². The molecule has 27 heavy (non-hydrogen) atoms. The molecule has 2 aromatic carbocycles. The van der Waals surface area contributed by atoms with E-state index < -0.39 is 5.97 Å². The molecule has 0 saturated carbocycles. The Morgan fingerprint density at radius 2 is 1.93 bits per heavy atom. The number of aromatic nitrogens is 2. The summed E-state index contributed by atoms with van der Waals surface area (Å²) in [6.45, 7) is 2.66. The minimum absolute atomic E-state index is 0.0181. The Morgan fingerprint density at radius 1 is 1.07 bits per heavy atom. The summed E-state index contributed by atoms with van der Waals surface area (Å²) in [5.41, 5.74) is 1.96. The minimum Gasteiger partial charge on any atom is -0.423 e. The van der Waals surface area contributed by atoms with E-state index in [9.17, 15) is 9.59 Å². The normalized spacial score (nSPS) is 14.3. The van der Waals surface area contributed by atoms with Gasteiger partial charge in [-0.2, -0.15) is 0 Å². The van der Waals surface area contributed by atoms with Crippen LogP contribution in [0.5, 0.6) is 5.75 Å². The van der Waals surface area contributed by atoms with E-state index in [1.54, 1.807) is 28.8 Å². The molecule has 5 heteroatoms. The van der Waals surface area contributed by atoms with Gasteiger partial charge in [-0.3, -0.25) is 9.36 Å². The average molecular weight is 362 g/mol. The van der Waals surface area contributed by atoms with Gasteiger partial charge in [-0.15, -0.1) is 0 Å². The zero-order valence-electron chi connectivity index (χ0n) is 15.4. The maximum Gasteiger partial charge on any atom is 0.343 e. The van der Waals surface area contributed by atoms with Crippen molar-refractivity contribution in [2.45, 2.75) is 45.6 Å². The number of hydrogen-bond donors (Lipinski definition) is 0. The Bertz CT molecular complexity index is 1070. The molecule has 0 aliphatic carbocycles. The van der Waals surface area contributed by atoms with Crippen LogP contribution in [-0.2, 0) is 13.0 Å². The number of aryl methyl sites for hydroxylation is 2. The average Bonchev–Trinajstić information content (AvgIpc) is 2.63. The fourth-order valence-electron chi connectivity index (χ4n) is 3.57. The number of ether oxygens (including phenoxy) is 1. The fourth-order valence-corrected chi connectivity index (χ4v) is 3.57. The smallest absolute Gasteiger partial charge is 0.343 e. The van der Waals surface area contributed by atoms with Crippen molar-refractivity contribution < 1.29 is 9.53 Å². The Morgan fingerprint density at radius 3 is 2.78 bits per heavy atom. The van der Waals surface area contributed by atoms with Gasteiger partial charge < -0.3 is 4.74 Å². The number of rotatable bonds is 2. The summed E-state index contributed by atoms with van der Waals surface area (Å²) in [5.74, 6) is 0.874. The van der Waals surface area contributed by atoms with E-state index in [-0.39, 0.29) is 5.56 Å². The molecule has 0 amide bonds. The maximum atomic E-state index is 12.9. The van der Waals surface area contributed by atoms with E-state index in [4.69, 9.17) is 9.72 Å². The second-order valence-electron chi connectivity index (χ2n) is 7.09. The summed E-state index contributed by atoms with van der Waals surface area (Å²) < 4.78 is 7.26. The molecule has 1 aromatic heterocycles. The predicted molar refractivity (Wildman–Crippen MR) is 104 cm³/mol. The Labute approximate surface area is 157 Å². The Kier molecular flexibility index (Phi) is 4.75. The predicted octanol–water partition coefficient (Wildman–Crippen LogP) is 4.04. The molecule has 1 aliphatic heterocycles. The van der Waals surface area contributed by atoms with Gasteiger partial charge in [-0.05, 0) is 55.7 Å². The van der Waals surface area contributed by atoms with Crippen LogP contribution in [0.1, 0.15) is 47.4 Å². The molecule has 0 bridgehead atoms. The third-order valence-corrected chi connectivity index (χ3v) is 5.00. The third kappa shape index (κ3) is 3.63. The number of hydrogen-bond acceptors (Lipinski definition) is 4. The zero-order valence-corrected chi connectivity index (χ0v) is 15.4. The van der Waals surface area contributed by atoms with Crippen molar-refractivity contribution in [1.82, 2.24) is 9.55 Å². The van der Waals surface area contributed by atoms with E-state index in [0.717, 1.165) is 43.5 Å². The molecule has 0 saturated heterocycles. The maximum absolute atomic E-state index is 12.9. The highest BCUT2D eigenvalue weighted by atomic mass is 16.5. The van der Waals surface area contributed by atoms with E-state index >= 15 is 0 Å². The summed E-state index contributed by atoms with van der Waals surface area (Å²) in [4.78, 5) is 30.1. The highest BCUT2D eigenvalue weighted by molar-refractivity contribution is 5.95. The van der Waals surface area contributed by atoms with Gasteiger partial charge in [0.25, 0.3) is 5.56 Å². The lowest BCUT2D eigenvalue weighted by Crippen LogP contribution is -2.26. The van der Waals surface area contributed by atoms with Crippen molar-refractivity contribution in [1.29, 1.82) is 0 Å². The largest absolute Gasteiger partial charge is 0.423 e. The van der Waals surface area contributed by atoms with Gasteiger partial charge >= 0.3 is 5.97 Å². The molecule has 1 aliphatic rings. The van der Waals surface area contributed by atoms with Crippen LogP contribution in [0.25, 0.3) is 10.9 Å². The van der Waals surface area contributed by atoms with Crippen LogP contribution in [0, 0.1) is 6.92 Å². The summed E-state index contributed by atoms with van der Waals surface area (Å²) in [7, 11) is 0. The van der Waals surface area contributed by atoms with E-state index in [1.165, 1.54) is 0 Å². The number of benzene rings is 2. The highest BCUT2D eigenvalue weighted by Crippen LogP contribution is 2.18. The molecule has 0 spiro atoms. The van der Waals surface area contributed by atoms with Crippen molar-refractivity contribution in [3.63, 3.8) is 0 Å². The first kappa shape index (κ1) is 17.5. The van der Waals surface area contributed by atoms with E-state index in [0.29, 0.717) is 28.8 Å². The minimum atomic E-state index is -0.448. The van der Waals surface area contributed by atoms with Gasteiger partial charge in [-0.25, -0.2) is 9.78 Å². The standard InChI is InChI=1S/C22H22N2O3/c1-15-7-6-8-17(13-15)27-22(26)16-10-11-18-19(14-16)23-20-9-4-2-3-5-12-24(20)21(18)25/h6-8,10-11,13-14H,2-5,9,12H2,1H3. The Hall–Kier alpha value is -2.95. The molecular weight excluding hydrogens is 340 g/mol. The Balaban J connectivity index is 1.70. The molecule has 0 fully saturated rings. The summed E-state index contributed by atoms with van der Waals surface area (Å²) in [6, 6.07) is 12.3. The van der Waals surface area contributed by atoms with Crippen LogP contribution >= 0.6 is 0 Å². The monoisotopic (exact) mass is 362 g/mol. The van der Waals surface area contributed by atoms with Crippen LogP contribution in [0.3, 0.4) is 0 Å². The van der Waals surface area contributed by atoms with Gasteiger partial charge in [-0.1, -0.05) is 25.0 Å². The van der Waals surface area contributed by atoms with E-state index in [2.05, 4.69) is 0 Å². The molecule has 0 radical (unpaired) electrons. The highest BCUT2D eigenvalue weighted by Gasteiger charge is 2.15. The van der Waals surface area contributed by atoms with Crippen molar-refractivity contribution in [2.75, 3.05) is 0 Å². The number of esters is 1. The van der Waals surface area contributed by atoms with Gasteiger partial charge in [0.2, 0.25) is 0 Å². The number of nitrogens with zero attached hydrogens (tertiary/aromatic N) is 2.